The minimum Gasteiger partial charge on any atom is -0.493 e. The van der Waals surface area contributed by atoms with E-state index in [1.807, 2.05) is 44.2 Å². The van der Waals surface area contributed by atoms with E-state index in [1.165, 1.54) is 6.21 Å². The van der Waals surface area contributed by atoms with Gasteiger partial charge < -0.3 is 19.6 Å². The summed E-state index contributed by atoms with van der Waals surface area (Å²) in [4.78, 5) is 17.1. The molecule has 1 amide bonds. The summed E-state index contributed by atoms with van der Waals surface area (Å²) >= 11 is 0. The molecule has 2 aromatic carbocycles. The number of hydrogen-bond donors (Lipinski definition) is 1. The topological polar surface area (TPSA) is 69.2 Å². The SMILES string of the molecule is COc1ccc(/C=N/OCC(=O)NC(C)c2ccccc2C)cc1OC. The predicted octanol–water partition coefficient (Wildman–Crippen LogP) is 3.24. The fourth-order valence-corrected chi connectivity index (χ4v) is 2.56. The van der Waals surface area contributed by atoms with Crippen molar-refractivity contribution in [3.8, 4) is 11.5 Å². The van der Waals surface area contributed by atoms with Crippen molar-refractivity contribution in [2.24, 2.45) is 5.16 Å². The average molecular weight is 356 g/mol. The van der Waals surface area contributed by atoms with E-state index in [4.69, 9.17) is 14.3 Å². The molecule has 1 unspecified atom stereocenters. The Morgan fingerprint density at radius 2 is 1.88 bits per heavy atom. The lowest BCUT2D eigenvalue weighted by Crippen LogP contribution is -2.30. The molecule has 6 nitrogen and oxygen atoms in total. The second-order valence-corrected chi connectivity index (χ2v) is 5.77. The first-order chi connectivity index (χ1) is 12.5. The number of hydrogen-bond acceptors (Lipinski definition) is 5. The summed E-state index contributed by atoms with van der Waals surface area (Å²) in [5, 5.41) is 6.72. The molecule has 2 rings (SSSR count). The average Bonchev–Trinajstić information content (AvgIpc) is 2.65. The van der Waals surface area contributed by atoms with Crippen LogP contribution >= 0.6 is 0 Å². The van der Waals surface area contributed by atoms with Crippen molar-refractivity contribution in [3.63, 3.8) is 0 Å². The van der Waals surface area contributed by atoms with Gasteiger partial charge in [-0.25, -0.2) is 0 Å². The molecule has 0 aliphatic heterocycles. The molecule has 1 N–H and O–H groups in total. The van der Waals surface area contributed by atoms with Gasteiger partial charge in [-0.3, -0.25) is 4.79 Å². The minimum atomic E-state index is -0.231. The maximum absolute atomic E-state index is 12.0. The smallest absolute Gasteiger partial charge is 0.261 e. The molecule has 0 heterocycles. The molecule has 138 valence electrons. The van der Waals surface area contributed by atoms with E-state index in [-0.39, 0.29) is 18.6 Å². The zero-order chi connectivity index (χ0) is 18.9. The number of amides is 1. The Balaban J connectivity index is 1.84. The number of carbonyl (C=O) groups is 1. The highest BCUT2D eigenvalue weighted by Crippen LogP contribution is 2.26. The maximum Gasteiger partial charge on any atom is 0.261 e. The zero-order valence-electron chi connectivity index (χ0n) is 15.5. The minimum absolute atomic E-state index is 0.0953. The van der Waals surface area contributed by atoms with E-state index >= 15 is 0 Å². The normalized spacial score (nSPS) is 11.8. The summed E-state index contributed by atoms with van der Waals surface area (Å²) in [5.41, 5.74) is 2.98. The zero-order valence-corrected chi connectivity index (χ0v) is 15.5. The van der Waals surface area contributed by atoms with Gasteiger partial charge in [0.15, 0.2) is 18.1 Å². The number of nitrogens with zero attached hydrogens (tertiary/aromatic N) is 1. The second-order valence-electron chi connectivity index (χ2n) is 5.77. The van der Waals surface area contributed by atoms with E-state index < -0.39 is 0 Å². The molecule has 0 radical (unpaired) electrons. The Bertz CT molecular complexity index is 774. The molecule has 0 aromatic heterocycles. The summed E-state index contributed by atoms with van der Waals surface area (Å²) in [6.07, 6.45) is 1.51. The Morgan fingerprint density at radius 3 is 2.58 bits per heavy atom. The van der Waals surface area contributed by atoms with Crippen molar-refractivity contribution < 1.29 is 19.1 Å². The van der Waals surface area contributed by atoms with Gasteiger partial charge in [0.25, 0.3) is 5.91 Å². The molecule has 0 saturated carbocycles. The standard InChI is InChI=1S/C20H24N2O4/c1-14-7-5-6-8-17(14)15(2)22-20(23)13-26-21-12-16-9-10-18(24-3)19(11-16)25-4/h5-12,15H,13H2,1-4H3,(H,22,23)/b21-12+. The van der Waals surface area contributed by atoms with Gasteiger partial charge in [0.05, 0.1) is 26.5 Å². The third-order valence-electron chi connectivity index (χ3n) is 3.91. The first-order valence-electron chi connectivity index (χ1n) is 8.27. The van der Waals surface area contributed by atoms with Crippen LogP contribution in [0.2, 0.25) is 0 Å². The molecule has 2 aromatic rings. The number of ether oxygens (including phenoxy) is 2. The maximum atomic E-state index is 12.0. The Morgan fingerprint density at radius 1 is 1.15 bits per heavy atom. The van der Waals surface area contributed by atoms with E-state index in [0.717, 1.165) is 16.7 Å². The molecular weight excluding hydrogens is 332 g/mol. The van der Waals surface area contributed by atoms with Crippen LogP contribution in [-0.4, -0.2) is 32.9 Å². The third-order valence-corrected chi connectivity index (χ3v) is 3.91. The van der Waals surface area contributed by atoms with E-state index in [2.05, 4.69) is 10.5 Å². The summed E-state index contributed by atoms with van der Waals surface area (Å²) in [7, 11) is 3.14. The predicted molar refractivity (Wildman–Crippen MR) is 101 cm³/mol. The van der Waals surface area contributed by atoms with Crippen molar-refractivity contribution in [3.05, 3.63) is 59.2 Å². The van der Waals surface area contributed by atoms with Crippen molar-refractivity contribution in [2.45, 2.75) is 19.9 Å². The fraction of sp³-hybridized carbons (Fsp3) is 0.300. The van der Waals surface area contributed by atoms with Crippen LogP contribution in [0.5, 0.6) is 11.5 Å². The third kappa shape index (κ3) is 5.24. The monoisotopic (exact) mass is 356 g/mol. The van der Waals surface area contributed by atoms with Crippen molar-refractivity contribution in [2.75, 3.05) is 20.8 Å². The Labute approximate surface area is 153 Å². The van der Waals surface area contributed by atoms with Gasteiger partial charge in [-0.1, -0.05) is 29.4 Å². The number of oxime groups is 1. The van der Waals surface area contributed by atoms with Gasteiger partial charge in [-0.2, -0.15) is 0 Å². The van der Waals surface area contributed by atoms with E-state index in [9.17, 15) is 4.79 Å². The van der Waals surface area contributed by atoms with Crippen LogP contribution in [0.3, 0.4) is 0 Å². The summed E-state index contributed by atoms with van der Waals surface area (Å²) < 4.78 is 10.4. The lowest BCUT2D eigenvalue weighted by atomic mass is 10.0. The quantitative estimate of drug-likeness (QED) is 0.582. The van der Waals surface area contributed by atoms with Crippen LogP contribution in [0.1, 0.15) is 29.7 Å². The second kappa shape index (κ2) is 9.46. The van der Waals surface area contributed by atoms with E-state index in [0.29, 0.717) is 11.5 Å². The Hall–Kier alpha value is -3.02. The Kier molecular flexibility index (Phi) is 7.02. The van der Waals surface area contributed by atoms with E-state index in [1.54, 1.807) is 26.4 Å². The summed E-state index contributed by atoms with van der Waals surface area (Å²) in [5.74, 6) is 1.00. The van der Waals surface area contributed by atoms with Gasteiger partial charge in [-0.15, -0.1) is 0 Å². The van der Waals surface area contributed by atoms with Crippen LogP contribution < -0.4 is 14.8 Å². The number of nitrogens with one attached hydrogen (secondary N) is 1. The molecule has 0 spiro atoms. The van der Waals surface area contributed by atoms with Crippen LogP contribution in [0.15, 0.2) is 47.6 Å². The fourth-order valence-electron chi connectivity index (χ4n) is 2.56. The number of benzene rings is 2. The molecule has 0 bridgehead atoms. The van der Waals surface area contributed by atoms with Gasteiger partial charge in [-0.05, 0) is 43.2 Å². The molecular formula is C20H24N2O4. The number of rotatable bonds is 8. The largest absolute Gasteiger partial charge is 0.493 e. The summed E-state index contributed by atoms with van der Waals surface area (Å²) in [6.45, 7) is 3.80. The number of methoxy groups -OCH3 is 2. The van der Waals surface area contributed by atoms with Crippen LogP contribution in [0, 0.1) is 6.92 Å². The van der Waals surface area contributed by atoms with Crippen LogP contribution in [0.25, 0.3) is 0 Å². The lowest BCUT2D eigenvalue weighted by molar-refractivity contribution is -0.126. The highest BCUT2D eigenvalue weighted by Gasteiger charge is 2.11. The highest BCUT2D eigenvalue weighted by molar-refractivity contribution is 5.81. The molecule has 26 heavy (non-hydrogen) atoms. The molecule has 0 saturated heterocycles. The molecule has 0 aliphatic rings. The highest BCUT2D eigenvalue weighted by atomic mass is 16.6. The number of aryl methyl sites for hydroxylation is 1. The van der Waals surface area contributed by atoms with Crippen molar-refractivity contribution in [1.82, 2.24) is 5.32 Å². The number of carbonyl (C=O) groups excluding carboxylic acids is 1. The first kappa shape index (κ1) is 19.3. The van der Waals surface area contributed by atoms with Gasteiger partial charge in [0.2, 0.25) is 0 Å². The molecule has 0 aliphatic carbocycles. The van der Waals surface area contributed by atoms with Gasteiger partial charge >= 0.3 is 0 Å². The summed E-state index contributed by atoms with van der Waals surface area (Å²) in [6, 6.07) is 13.2. The lowest BCUT2D eigenvalue weighted by Gasteiger charge is -2.16. The van der Waals surface area contributed by atoms with Gasteiger partial charge in [0.1, 0.15) is 0 Å². The molecule has 0 fully saturated rings. The molecule has 6 heteroatoms. The van der Waals surface area contributed by atoms with Crippen molar-refractivity contribution >= 4 is 12.1 Å². The van der Waals surface area contributed by atoms with Crippen LogP contribution in [0.4, 0.5) is 0 Å². The van der Waals surface area contributed by atoms with Crippen LogP contribution in [-0.2, 0) is 9.63 Å². The van der Waals surface area contributed by atoms with Crippen molar-refractivity contribution in [1.29, 1.82) is 0 Å². The van der Waals surface area contributed by atoms with Gasteiger partial charge in [0, 0.05) is 5.56 Å². The molecule has 1 atom stereocenters. The first-order valence-corrected chi connectivity index (χ1v) is 8.27.